The fourth-order valence-corrected chi connectivity index (χ4v) is 3.07. The smallest absolute Gasteiger partial charge is 0.253 e. The summed E-state index contributed by atoms with van der Waals surface area (Å²) in [5.74, 6) is -0.669. The number of hydrogen-bond donors (Lipinski definition) is 1. The summed E-state index contributed by atoms with van der Waals surface area (Å²) >= 11 is 3.17. The quantitative estimate of drug-likeness (QED) is 0.766. The average molecular weight is 276 g/mol. The molecule has 0 spiro atoms. The van der Waals surface area contributed by atoms with Crippen LogP contribution in [0.1, 0.15) is 10.4 Å². The molecule has 1 N–H and O–H groups in total. The van der Waals surface area contributed by atoms with Gasteiger partial charge < -0.3 is 5.32 Å². The molecule has 0 aliphatic carbocycles. The van der Waals surface area contributed by atoms with Crippen molar-refractivity contribution in [3.05, 3.63) is 28.2 Å². The van der Waals surface area contributed by atoms with Crippen LogP contribution < -0.4 is 5.32 Å². The number of benzene rings is 1. The minimum Gasteiger partial charge on any atom is -0.338 e. The zero-order chi connectivity index (χ0) is 10.3. The normalized spacial score (nSPS) is 18.5. The highest BCUT2D eigenvalue weighted by atomic mass is 79.9. The third-order valence-corrected chi connectivity index (χ3v) is 3.97. The first-order chi connectivity index (χ1) is 6.50. The molecule has 0 bridgehead atoms. The van der Waals surface area contributed by atoms with Crippen LogP contribution in [0, 0.1) is 0 Å². The number of hydrogen-bond acceptors (Lipinski definition) is 3. The molecule has 1 aromatic rings. The van der Waals surface area contributed by atoms with Crippen molar-refractivity contribution in [1.82, 2.24) is 5.32 Å². The van der Waals surface area contributed by atoms with E-state index < -0.39 is 9.84 Å². The second-order valence-electron chi connectivity index (χ2n) is 2.91. The Labute approximate surface area is 89.4 Å². The van der Waals surface area contributed by atoms with Gasteiger partial charge in [0, 0.05) is 4.47 Å². The Morgan fingerprint density at radius 3 is 2.79 bits per heavy atom. The summed E-state index contributed by atoms with van der Waals surface area (Å²) in [5.41, 5.74) is 0.208. The van der Waals surface area contributed by atoms with Gasteiger partial charge in [0.05, 0.1) is 10.5 Å². The number of carbonyl (C=O) groups excluding carboxylic acids is 1. The van der Waals surface area contributed by atoms with Crippen LogP contribution in [0.15, 0.2) is 27.6 Å². The van der Waals surface area contributed by atoms with Crippen LogP contribution in [0.25, 0.3) is 0 Å². The van der Waals surface area contributed by atoms with Crippen LogP contribution in [0.3, 0.4) is 0 Å². The number of nitrogens with one attached hydrogen (secondary N) is 1. The van der Waals surface area contributed by atoms with E-state index in [1.54, 1.807) is 6.07 Å². The number of amides is 1. The van der Waals surface area contributed by atoms with Gasteiger partial charge in [0.15, 0.2) is 9.84 Å². The Bertz CT molecular complexity index is 509. The standard InChI is InChI=1S/C8H6BrNO3S/c9-5-1-2-6-7(3-5)14(12,13)4-10-8(6)11/h1-3H,4H2,(H,10,11). The molecule has 0 aromatic heterocycles. The van der Waals surface area contributed by atoms with E-state index in [-0.39, 0.29) is 22.2 Å². The minimum atomic E-state index is -3.36. The van der Waals surface area contributed by atoms with E-state index in [0.717, 1.165) is 0 Å². The zero-order valence-corrected chi connectivity index (χ0v) is 9.35. The number of fused-ring (bicyclic) bond motifs is 1. The van der Waals surface area contributed by atoms with Crippen LogP contribution in [0.5, 0.6) is 0 Å². The number of sulfone groups is 1. The second-order valence-corrected chi connectivity index (χ2v) is 5.78. The van der Waals surface area contributed by atoms with Gasteiger partial charge in [-0.15, -0.1) is 0 Å². The molecule has 0 fully saturated rings. The van der Waals surface area contributed by atoms with E-state index in [2.05, 4.69) is 21.2 Å². The summed E-state index contributed by atoms with van der Waals surface area (Å²) < 4.78 is 23.7. The Kier molecular flexibility index (Phi) is 2.11. The van der Waals surface area contributed by atoms with Crippen molar-refractivity contribution in [2.24, 2.45) is 0 Å². The van der Waals surface area contributed by atoms with Crippen molar-refractivity contribution in [3.8, 4) is 0 Å². The van der Waals surface area contributed by atoms with Crippen LogP contribution in [0.4, 0.5) is 0 Å². The first kappa shape index (κ1) is 9.67. The highest BCUT2D eigenvalue weighted by Crippen LogP contribution is 2.24. The molecular formula is C8H6BrNO3S. The molecule has 2 rings (SSSR count). The summed E-state index contributed by atoms with van der Waals surface area (Å²) in [6.07, 6.45) is 0. The van der Waals surface area contributed by atoms with Crippen molar-refractivity contribution in [2.45, 2.75) is 4.90 Å². The summed E-state index contributed by atoms with van der Waals surface area (Å²) in [5, 5.41) is 2.31. The van der Waals surface area contributed by atoms with Crippen molar-refractivity contribution < 1.29 is 13.2 Å². The number of halogens is 1. The molecular weight excluding hydrogens is 270 g/mol. The molecule has 1 aliphatic rings. The van der Waals surface area contributed by atoms with Crippen molar-refractivity contribution in [1.29, 1.82) is 0 Å². The Hall–Kier alpha value is -0.880. The monoisotopic (exact) mass is 275 g/mol. The van der Waals surface area contributed by atoms with Gasteiger partial charge in [-0.05, 0) is 18.2 Å². The third-order valence-electron chi connectivity index (χ3n) is 1.95. The molecule has 74 valence electrons. The maximum Gasteiger partial charge on any atom is 0.253 e. The van der Waals surface area contributed by atoms with Gasteiger partial charge in [-0.25, -0.2) is 8.42 Å². The predicted octanol–water partition coefficient (Wildman–Crippen LogP) is 0.924. The second kappa shape index (κ2) is 3.06. The zero-order valence-electron chi connectivity index (χ0n) is 6.95. The van der Waals surface area contributed by atoms with Crippen LogP contribution in [-0.4, -0.2) is 20.2 Å². The van der Waals surface area contributed by atoms with E-state index in [1.807, 2.05) is 0 Å². The van der Waals surface area contributed by atoms with E-state index >= 15 is 0 Å². The lowest BCUT2D eigenvalue weighted by molar-refractivity contribution is 0.0953. The minimum absolute atomic E-state index is 0.0932. The first-order valence-corrected chi connectivity index (χ1v) is 6.26. The summed E-state index contributed by atoms with van der Waals surface area (Å²) in [4.78, 5) is 11.4. The van der Waals surface area contributed by atoms with E-state index in [4.69, 9.17) is 0 Å². The summed E-state index contributed by atoms with van der Waals surface area (Å²) in [7, 11) is -3.36. The van der Waals surface area contributed by atoms with E-state index in [1.165, 1.54) is 12.1 Å². The molecule has 0 atom stereocenters. The van der Waals surface area contributed by atoms with Gasteiger partial charge in [0.1, 0.15) is 5.88 Å². The fourth-order valence-electron chi connectivity index (χ4n) is 1.27. The van der Waals surface area contributed by atoms with Crippen LogP contribution in [0.2, 0.25) is 0 Å². The SMILES string of the molecule is O=C1NCS(=O)(=O)c2cc(Br)ccc21. The van der Waals surface area contributed by atoms with Gasteiger partial charge in [-0.2, -0.15) is 0 Å². The van der Waals surface area contributed by atoms with E-state index in [9.17, 15) is 13.2 Å². The predicted molar refractivity (Wildman–Crippen MR) is 53.7 cm³/mol. The number of rotatable bonds is 0. The van der Waals surface area contributed by atoms with E-state index in [0.29, 0.717) is 4.47 Å². The molecule has 1 amide bonds. The lowest BCUT2D eigenvalue weighted by Gasteiger charge is -2.16. The first-order valence-electron chi connectivity index (χ1n) is 3.81. The maximum atomic E-state index is 11.5. The van der Waals surface area contributed by atoms with Gasteiger partial charge in [0.2, 0.25) is 0 Å². The van der Waals surface area contributed by atoms with Gasteiger partial charge in [-0.3, -0.25) is 4.79 Å². The molecule has 4 nitrogen and oxygen atoms in total. The van der Waals surface area contributed by atoms with Crippen molar-refractivity contribution in [2.75, 3.05) is 5.88 Å². The summed E-state index contributed by atoms with van der Waals surface area (Å²) in [6.45, 7) is 0. The molecule has 0 saturated heterocycles. The lowest BCUT2D eigenvalue weighted by atomic mass is 10.2. The van der Waals surface area contributed by atoms with Crippen LogP contribution >= 0.6 is 15.9 Å². The Morgan fingerprint density at radius 1 is 1.36 bits per heavy atom. The molecule has 0 unspecified atom stereocenters. The molecule has 1 aromatic carbocycles. The molecule has 1 heterocycles. The van der Waals surface area contributed by atoms with Gasteiger partial charge in [-0.1, -0.05) is 15.9 Å². The lowest BCUT2D eigenvalue weighted by Crippen LogP contribution is -2.36. The fraction of sp³-hybridized carbons (Fsp3) is 0.125. The molecule has 14 heavy (non-hydrogen) atoms. The maximum absolute atomic E-state index is 11.5. The summed E-state index contributed by atoms with van der Waals surface area (Å²) in [6, 6.07) is 4.58. The average Bonchev–Trinajstić information content (AvgIpc) is 2.12. The molecule has 6 heteroatoms. The third kappa shape index (κ3) is 1.44. The Morgan fingerprint density at radius 2 is 2.07 bits per heavy atom. The molecule has 0 radical (unpaired) electrons. The molecule has 1 aliphatic heterocycles. The van der Waals surface area contributed by atoms with Crippen molar-refractivity contribution in [3.63, 3.8) is 0 Å². The van der Waals surface area contributed by atoms with Gasteiger partial charge >= 0.3 is 0 Å². The number of carbonyl (C=O) groups is 1. The highest BCUT2D eigenvalue weighted by molar-refractivity contribution is 9.10. The Balaban J connectivity index is 2.77. The molecule has 0 saturated carbocycles. The highest BCUT2D eigenvalue weighted by Gasteiger charge is 2.28. The van der Waals surface area contributed by atoms with Gasteiger partial charge in [0.25, 0.3) is 5.91 Å². The topological polar surface area (TPSA) is 63.2 Å². The van der Waals surface area contributed by atoms with Crippen LogP contribution in [-0.2, 0) is 9.84 Å². The largest absolute Gasteiger partial charge is 0.338 e. The van der Waals surface area contributed by atoms with Crippen molar-refractivity contribution >= 4 is 31.7 Å².